The van der Waals surface area contributed by atoms with E-state index in [-0.39, 0.29) is 22.8 Å². The van der Waals surface area contributed by atoms with E-state index >= 15 is 0 Å². The van der Waals surface area contributed by atoms with Crippen molar-refractivity contribution in [3.05, 3.63) is 51.1 Å². The van der Waals surface area contributed by atoms with Gasteiger partial charge in [0.25, 0.3) is 11.6 Å². The fraction of sp³-hybridized carbons (Fsp3) is 0.100. The lowest BCUT2D eigenvalue weighted by atomic mass is 10.2. The molecule has 2 N–H and O–H groups in total. The summed E-state index contributed by atoms with van der Waals surface area (Å²) in [5.74, 6) is -0.0556. The monoisotopic (exact) mass is 281 g/mol. The summed E-state index contributed by atoms with van der Waals surface area (Å²) in [4.78, 5) is 25.7. The molecule has 0 radical (unpaired) electrons. The van der Waals surface area contributed by atoms with Gasteiger partial charge in [-0.3, -0.25) is 20.0 Å². The van der Waals surface area contributed by atoms with Crippen molar-refractivity contribution in [3.63, 3.8) is 0 Å². The molecule has 2 rings (SSSR count). The lowest BCUT2D eigenvalue weighted by Crippen LogP contribution is -2.23. The molecule has 0 unspecified atom stereocenters. The lowest BCUT2D eigenvalue weighted by Gasteiger charge is -2.05. The van der Waals surface area contributed by atoms with E-state index in [2.05, 4.69) is 20.5 Å². The number of carbonyl (C=O) groups excluding carboxylic acids is 1. The molecule has 0 atom stereocenters. The molecule has 19 heavy (non-hydrogen) atoms. The van der Waals surface area contributed by atoms with Crippen LogP contribution < -0.4 is 5.32 Å². The average molecular weight is 282 g/mol. The van der Waals surface area contributed by atoms with E-state index < -0.39 is 10.8 Å². The Balaban J connectivity index is 2.15. The number of aromatic nitrogens is 3. The predicted molar refractivity (Wildman–Crippen MR) is 65.7 cm³/mol. The summed E-state index contributed by atoms with van der Waals surface area (Å²) < 4.78 is 0. The van der Waals surface area contributed by atoms with Gasteiger partial charge in [0.15, 0.2) is 0 Å². The first kappa shape index (κ1) is 13.0. The second-order valence-electron chi connectivity index (χ2n) is 3.51. The molecule has 0 bridgehead atoms. The summed E-state index contributed by atoms with van der Waals surface area (Å²) in [5, 5.41) is 19.2. The summed E-state index contributed by atoms with van der Waals surface area (Å²) in [6.45, 7) is 0.123. The van der Waals surface area contributed by atoms with Crippen molar-refractivity contribution >= 4 is 23.2 Å². The number of halogens is 1. The molecule has 9 heteroatoms. The van der Waals surface area contributed by atoms with Crippen LogP contribution >= 0.6 is 11.6 Å². The molecular weight excluding hydrogens is 274 g/mol. The van der Waals surface area contributed by atoms with Gasteiger partial charge < -0.3 is 5.32 Å². The molecule has 0 fully saturated rings. The number of rotatable bonds is 4. The third-order valence-corrected chi connectivity index (χ3v) is 2.70. The molecule has 1 amide bonds. The molecule has 2 aromatic rings. The maximum Gasteiger partial charge on any atom is 0.288 e. The van der Waals surface area contributed by atoms with Crippen molar-refractivity contribution in [2.24, 2.45) is 0 Å². The number of H-pyrrole nitrogens is 1. The minimum absolute atomic E-state index is 0.0374. The summed E-state index contributed by atoms with van der Waals surface area (Å²) in [7, 11) is 0. The highest BCUT2D eigenvalue weighted by molar-refractivity contribution is 6.35. The van der Waals surface area contributed by atoms with Crippen LogP contribution in [0.15, 0.2) is 24.5 Å². The number of aromatic amines is 1. The molecule has 1 aromatic carbocycles. The Hall–Kier alpha value is -2.48. The lowest BCUT2D eigenvalue weighted by molar-refractivity contribution is -0.384. The number of hydrogen-bond donors (Lipinski definition) is 2. The molecule has 0 aliphatic rings. The number of nitro benzene ring substituents is 1. The maximum atomic E-state index is 11.9. The van der Waals surface area contributed by atoms with Crippen molar-refractivity contribution in [1.82, 2.24) is 20.5 Å². The zero-order chi connectivity index (χ0) is 13.8. The zero-order valence-corrected chi connectivity index (χ0v) is 10.2. The highest BCUT2D eigenvalue weighted by atomic mass is 35.5. The molecule has 1 aromatic heterocycles. The van der Waals surface area contributed by atoms with Crippen LogP contribution in [0.4, 0.5) is 5.69 Å². The fourth-order valence-corrected chi connectivity index (χ4v) is 1.69. The minimum Gasteiger partial charge on any atom is -0.345 e. The van der Waals surface area contributed by atoms with E-state index in [0.717, 1.165) is 0 Å². The molecule has 8 nitrogen and oxygen atoms in total. The van der Waals surface area contributed by atoms with E-state index in [1.807, 2.05) is 0 Å². The van der Waals surface area contributed by atoms with Crippen LogP contribution in [0.5, 0.6) is 0 Å². The standard InChI is InChI=1S/C10H8ClN5O3/c11-9-6(2-1-3-7(9)16(18)19)10(17)12-4-8-13-5-14-15-8/h1-3,5H,4H2,(H,12,17)(H,13,14,15). The Kier molecular flexibility index (Phi) is 3.71. The van der Waals surface area contributed by atoms with Gasteiger partial charge in [-0.2, -0.15) is 5.10 Å². The van der Waals surface area contributed by atoms with Crippen LogP contribution in [0.1, 0.15) is 16.2 Å². The quantitative estimate of drug-likeness (QED) is 0.647. The molecule has 98 valence electrons. The van der Waals surface area contributed by atoms with Crippen LogP contribution in [0.3, 0.4) is 0 Å². The van der Waals surface area contributed by atoms with Gasteiger partial charge in [0, 0.05) is 6.07 Å². The third kappa shape index (κ3) is 2.86. The van der Waals surface area contributed by atoms with E-state index in [1.54, 1.807) is 0 Å². The summed E-state index contributed by atoms with van der Waals surface area (Å²) in [6.07, 6.45) is 1.31. The average Bonchev–Trinajstić information content (AvgIpc) is 2.89. The normalized spacial score (nSPS) is 10.2. The van der Waals surface area contributed by atoms with Gasteiger partial charge in [-0.15, -0.1) is 0 Å². The van der Waals surface area contributed by atoms with Crippen LogP contribution in [0.25, 0.3) is 0 Å². The van der Waals surface area contributed by atoms with Gasteiger partial charge in [-0.1, -0.05) is 17.7 Å². The second-order valence-corrected chi connectivity index (χ2v) is 3.89. The molecule has 0 aliphatic heterocycles. The number of hydrogen-bond acceptors (Lipinski definition) is 5. The molecule has 0 spiro atoms. The Labute approximate surface area is 112 Å². The summed E-state index contributed by atoms with van der Waals surface area (Å²) in [6, 6.07) is 4.04. The zero-order valence-electron chi connectivity index (χ0n) is 9.46. The first-order chi connectivity index (χ1) is 9.09. The van der Waals surface area contributed by atoms with Crippen molar-refractivity contribution < 1.29 is 9.72 Å². The molecule has 0 saturated carbocycles. The number of carbonyl (C=O) groups is 1. The fourth-order valence-electron chi connectivity index (χ4n) is 1.41. The van der Waals surface area contributed by atoms with Crippen LogP contribution in [-0.4, -0.2) is 26.0 Å². The predicted octanol–water partition coefficient (Wildman–Crippen LogP) is 1.30. The Bertz CT molecular complexity index is 614. The Morgan fingerprint density at radius 3 is 2.95 bits per heavy atom. The number of nitrogens with one attached hydrogen (secondary N) is 2. The van der Waals surface area contributed by atoms with E-state index in [0.29, 0.717) is 5.82 Å². The van der Waals surface area contributed by atoms with Gasteiger partial charge >= 0.3 is 0 Å². The van der Waals surface area contributed by atoms with Crippen LogP contribution in [0, 0.1) is 10.1 Å². The van der Waals surface area contributed by atoms with Crippen molar-refractivity contribution in [1.29, 1.82) is 0 Å². The third-order valence-electron chi connectivity index (χ3n) is 2.30. The van der Waals surface area contributed by atoms with Crippen molar-refractivity contribution in [3.8, 4) is 0 Å². The number of amides is 1. The maximum absolute atomic E-state index is 11.9. The second kappa shape index (κ2) is 5.44. The van der Waals surface area contributed by atoms with Gasteiger partial charge in [0.2, 0.25) is 0 Å². The summed E-state index contributed by atoms with van der Waals surface area (Å²) in [5.41, 5.74) is -0.274. The van der Waals surface area contributed by atoms with Gasteiger partial charge in [0.05, 0.1) is 17.0 Å². The first-order valence-electron chi connectivity index (χ1n) is 5.15. The van der Waals surface area contributed by atoms with E-state index in [1.165, 1.54) is 24.5 Å². The van der Waals surface area contributed by atoms with Gasteiger partial charge in [-0.05, 0) is 6.07 Å². The van der Waals surface area contributed by atoms with Crippen molar-refractivity contribution in [2.45, 2.75) is 6.54 Å². The van der Waals surface area contributed by atoms with Gasteiger partial charge in [0.1, 0.15) is 17.2 Å². The molecular formula is C10H8ClN5O3. The summed E-state index contributed by atoms with van der Waals surface area (Å²) >= 11 is 5.82. The number of nitrogens with zero attached hydrogens (tertiary/aromatic N) is 3. The Morgan fingerprint density at radius 2 is 2.32 bits per heavy atom. The smallest absolute Gasteiger partial charge is 0.288 e. The SMILES string of the molecule is O=C(NCc1ncn[nH]1)c1cccc([N+](=O)[O-])c1Cl. The highest BCUT2D eigenvalue weighted by Gasteiger charge is 2.19. The van der Waals surface area contributed by atoms with Crippen LogP contribution in [-0.2, 0) is 6.54 Å². The molecule has 0 aliphatic carbocycles. The minimum atomic E-state index is -0.643. The molecule has 0 saturated heterocycles. The van der Waals surface area contributed by atoms with E-state index in [9.17, 15) is 14.9 Å². The highest BCUT2D eigenvalue weighted by Crippen LogP contribution is 2.27. The Morgan fingerprint density at radius 1 is 1.53 bits per heavy atom. The van der Waals surface area contributed by atoms with Gasteiger partial charge in [-0.25, -0.2) is 4.98 Å². The van der Waals surface area contributed by atoms with E-state index in [4.69, 9.17) is 11.6 Å². The first-order valence-corrected chi connectivity index (χ1v) is 5.52. The topological polar surface area (TPSA) is 114 Å². The molecule has 1 heterocycles. The van der Waals surface area contributed by atoms with Crippen LogP contribution in [0.2, 0.25) is 5.02 Å². The largest absolute Gasteiger partial charge is 0.345 e. The number of nitro groups is 1. The van der Waals surface area contributed by atoms with Crippen molar-refractivity contribution in [2.75, 3.05) is 0 Å². The number of benzene rings is 1.